The van der Waals surface area contributed by atoms with Gasteiger partial charge >= 0.3 is 0 Å². The summed E-state index contributed by atoms with van der Waals surface area (Å²) in [6, 6.07) is 0. The first-order valence-corrected chi connectivity index (χ1v) is 14.9. The zero-order valence-electron chi connectivity index (χ0n) is 17.3. The maximum Gasteiger partial charge on any atom is 0.192 e. The third kappa shape index (κ3) is 5.03. The minimum absolute atomic E-state index is 0.252. The third-order valence-electron chi connectivity index (χ3n) is 6.41. The van der Waals surface area contributed by atoms with Gasteiger partial charge in [0.15, 0.2) is 16.6 Å². The number of hydrogen-bond acceptors (Lipinski definition) is 2. The summed E-state index contributed by atoms with van der Waals surface area (Å²) >= 11 is 0. The van der Waals surface area contributed by atoms with Crippen LogP contribution in [0.15, 0.2) is 12.2 Å². The van der Waals surface area contributed by atoms with Crippen molar-refractivity contribution in [3.8, 4) is 0 Å². The molecule has 0 N–H and O–H groups in total. The van der Waals surface area contributed by atoms with Gasteiger partial charge in [0.1, 0.15) is 0 Å². The molecule has 0 spiro atoms. The second kappa shape index (κ2) is 6.77. The van der Waals surface area contributed by atoms with Crippen LogP contribution in [0.4, 0.5) is 0 Å². The van der Waals surface area contributed by atoms with E-state index in [1.807, 2.05) is 0 Å². The van der Waals surface area contributed by atoms with E-state index in [-0.39, 0.29) is 10.1 Å². The van der Waals surface area contributed by atoms with Crippen LogP contribution in [0.1, 0.15) is 54.4 Å². The summed E-state index contributed by atoms with van der Waals surface area (Å²) in [4.78, 5) is 0. The van der Waals surface area contributed by atoms with Crippen molar-refractivity contribution < 1.29 is 8.85 Å². The molecule has 2 atom stereocenters. The molecule has 0 aromatic heterocycles. The smallest absolute Gasteiger partial charge is 0.192 e. The summed E-state index contributed by atoms with van der Waals surface area (Å²) in [5.74, 6) is 0.373. The second-order valence-electron chi connectivity index (χ2n) is 10.3. The van der Waals surface area contributed by atoms with Crippen LogP contribution in [0.5, 0.6) is 0 Å². The topological polar surface area (TPSA) is 18.5 Å². The van der Waals surface area contributed by atoms with Crippen molar-refractivity contribution in [2.45, 2.75) is 96.8 Å². The highest BCUT2D eigenvalue weighted by atomic mass is 28.4. The Bertz CT molecular complexity index is 428. The number of rotatable bonds is 5. The lowest BCUT2D eigenvalue weighted by atomic mass is 10.0. The van der Waals surface area contributed by atoms with Crippen molar-refractivity contribution in [1.82, 2.24) is 0 Å². The van der Waals surface area contributed by atoms with E-state index < -0.39 is 16.6 Å². The molecule has 0 amide bonds. The van der Waals surface area contributed by atoms with Gasteiger partial charge in [-0.05, 0) is 49.1 Å². The van der Waals surface area contributed by atoms with Crippen molar-refractivity contribution in [3.05, 3.63) is 12.2 Å². The molecule has 0 aromatic carbocycles. The van der Waals surface area contributed by atoms with Crippen LogP contribution >= 0.6 is 0 Å². The number of hydrogen-bond donors (Lipinski definition) is 0. The minimum atomic E-state index is -1.74. The Morgan fingerprint density at radius 3 is 1.87 bits per heavy atom. The van der Waals surface area contributed by atoms with E-state index >= 15 is 0 Å². The molecular formula is C19H40O2Si2. The summed E-state index contributed by atoms with van der Waals surface area (Å²) in [5.41, 5.74) is 1.33. The molecule has 0 heterocycles. The fourth-order valence-corrected chi connectivity index (χ4v) is 4.83. The van der Waals surface area contributed by atoms with Crippen LogP contribution in [-0.4, -0.2) is 29.3 Å². The maximum atomic E-state index is 6.71. The van der Waals surface area contributed by atoms with Gasteiger partial charge in [-0.25, -0.2) is 0 Å². The fourth-order valence-electron chi connectivity index (χ4n) is 2.41. The van der Waals surface area contributed by atoms with Gasteiger partial charge in [0.05, 0.1) is 6.10 Å². The Morgan fingerprint density at radius 1 is 0.957 bits per heavy atom. The van der Waals surface area contributed by atoms with Crippen molar-refractivity contribution in [1.29, 1.82) is 0 Å². The highest BCUT2D eigenvalue weighted by molar-refractivity contribution is 6.74. The lowest BCUT2D eigenvalue weighted by Gasteiger charge is -2.41. The van der Waals surface area contributed by atoms with E-state index in [0.717, 1.165) is 19.4 Å². The first-order valence-electron chi connectivity index (χ1n) is 9.08. The molecule has 0 radical (unpaired) electrons. The molecule has 0 bridgehead atoms. The van der Waals surface area contributed by atoms with E-state index in [2.05, 4.69) is 74.3 Å². The molecule has 0 aromatic rings. The van der Waals surface area contributed by atoms with Gasteiger partial charge in [0.2, 0.25) is 0 Å². The zero-order valence-corrected chi connectivity index (χ0v) is 19.3. The lowest BCUT2D eigenvalue weighted by molar-refractivity contribution is 0.113. The summed E-state index contributed by atoms with van der Waals surface area (Å²) < 4.78 is 13.2. The molecule has 0 unspecified atom stereocenters. The molecule has 1 rings (SSSR count). The first-order chi connectivity index (χ1) is 10.1. The normalized spacial score (nSPS) is 24.3. The molecule has 4 heteroatoms. The molecule has 23 heavy (non-hydrogen) atoms. The van der Waals surface area contributed by atoms with Crippen LogP contribution in [0.25, 0.3) is 0 Å². The SMILES string of the molecule is C=C1CC[C@H](O[Si](C)(C)C(C)(C)C)[C@H]1CO[Si](C)(C)C(C)(C)C. The molecule has 136 valence electrons. The molecule has 1 fully saturated rings. The van der Waals surface area contributed by atoms with Crippen molar-refractivity contribution in [2.75, 3.05) is 6.61 Å². The maximum absolute atomic E-state index is 6.71. The van der Waals surface area contributed by atoms with Crippen LogP contribution < -0.4 is 0 Å². The molecule has 0 saturated heterocycles. The summed E-state index contributed by atoms with van der Waals surface area (Å²) in [5, 5.41) is 0.504. The Kier molecular flexibility index (Phi) is 6.23. The predicted octanol–water partition coefficient (Wildman–Crippen LogP) is 6.36. The lowest BCUT2D eigenvalue weighted by Crippen LogP contribution is -2.47. The summed E-state index contributed by atoms with van der Waals surface area (Å²) in [7, 11) is -3.45. The standard InChI is InChI=1S/C19H40O2Si2/c1-15-12-13-17(21-23(10,11)19(5,6)7)16(15)14-20-22(8,9)18(2,3)4/h16-17H,1,12-14H2,2-11H3/t16-,17-/m0/s1. The largest absolute Gasteiger partial charge is 0.416 e. The van der Waals surface area contributed by atoms with E-state index in [9.17, 15) is 0 Å². The Balaban J connectivity index is 2.79. The monoisotopic (exact) mass is 356 g/mol. The quantitative estimate of drug-likeness (QED) is 0.421. The van der Waals surface area contributed by atoms with Gasteiger partial charge in [-0.15, -0.1) is 0 Å². The van der Waals surface area contributed by atoms with E-state index in [0.29, 0.717) is 12.0 Å². The average Bonchev–Trinajstić information content (AvgIpc) is 2.64. The summed E-state index contributed by atoms with van der Waals surface area (Å²) in [6.07, 6.45) is 2.50. The third-order valence-corrected chi connectivity index (χ3v) is 15.4. The second-order valence-corrected chi connectivity index (χ2v) is 19.9. The zero-order chi connectivity index (χ0) is 18.3. The van der Waals surface area contributed by atoms with E-state index in [4.69, 9.17) is 8.85 Å². The van der Waals surface area contributed by atoms with Crippen molar-refractivity contribution >= 4 is 16.6 Å². The first kappa shape index (κ1) is 21.1. The van der Waals surface area contributed by atoms with Crippen LogP contribution in [0, 0.1) is 5.92 Å². The van der Waals surface area contributed by atoms with Gasteiger partial charge < -0.3 is 8.85 Å². The Hall–Kier alpha value is 0.0938. The van der Waals surface area contributed by atoms with Crippen LogP contribution in [0.3, 0.4) is 0 Å². The highest BCUT2D eigenvalue weighted by Crippen LogP contribution is 2.43. The molecular weight excluding hydrogens is 316 g/mol. The summed E-state index contributed by atoms with van der Waals surface area (Å²) in [6.45, 7) is 28.3. The molecule has 1 saturated carbocycles. The molecule has 0 aliphatic heterocycles. The van der Waals surface area contributed by atoms with Crippen molar-refractivity contribution in [3.63, 3.8) is 0 Å². The Labute approximate surface area is 147 Å². The van der Waals surface area contributed by atoms with Crippen LogP contribution in [-0.2, 0) is 8.85 Å². The highest BCUT2D eigenvalue weighted by Gasteiger charge is 2.44. The van der Waals surface area contributed by atoms with Gasteiger partial charge in [-0.1, -0.05) is 53.7 Å². The van der Waals surface area contributed by atoms with Gasteiger partial charge in [0, 0.05) is 12.5 Å². The van der Waals surface area contributed by atoms with Gasteiger partial charge in [-0.2, -0.15) is 0 Å². The molecule has 1 aliphatic carbocycles. The fraction of sp³-hybridized carbons (Fsp3) is 0.895. The minimum Gasteiger partial charge on any atom is -0.416 e. The van der Waals surface area contributed by atoms with E-state index in [1.165, 1.54) is 5.57 Å². The Morgan fingerprint density at radius 2 is 1.43 bits per heavy atom. The van der Waals surface area contributed by atoms with Gasteiger partial charge in [-0.3, -0.25) is 0 Å². The van der Waals surface area contributed by atoms with E-state index in [1.54, 1.807) is 0 Å². The van der Waals surface area contributed by atoms with Crippen LogP contribution in [0.2, 0.25) is 36.3 Å². The average molecular weight is 357 g/mol. The predicted molar refractivity (Wildman–Crippen MR) is 107 cm³/mol. The van der Waals surface area contributed by atoms with Gasteiger partial charge in [0.25, 0.3) is 0 Å². The molecule has 2 nitrogen and oxygen atoms in total. The van der Waals surface area contributed by atoms with Crippen molar-refractivity contribution in [2.24, 2.45) is 5.92 Å². The molecule has 1 aliphatic rings.